The first-order valence-electron chi connectivity index (χ1n) is 10.1. The zero-order valence-corrected chi connectivity index (χ0v) is 15.9. The fraction of sp³-hybridized carbons (Fsp3) is 0.478. The van der Waals surface area contributed by atoms with Crippen molar-refractivity contribution in [1.82, 2.24) is 4.90 Å². The minimum absolute atomic E-state index is 0.0488. The molecular weight excluding hydrogens is 338 g/mol. The first-order valence-corrected chi connectivity index (χ1v) is 10.1. The predicted octanol–water partition coefficient (Wildman–Crippen LogP) is 4.87. The molecule has 0 spiro atoms. The van der Waals surface area contributed by atoms with Crippen LogP contribution in [-0.4, -0.2) is 22.6 Å². The van der Waals surface area contributed by atoms with Crippen LogP contribution in [0.25, 0.3) is 0 Å². The molecule has 1 aromatic carbocycles. The first-order chi connectivity index (χ1) is 13.1. The smallest absolute Gasteiger partial charge is 0.223 e. The van der Waals surface area contributed by atoms with Gasteiger partial charge < -0.3 is 9.32 Å². The van der Waals surface area contributed by atoms with Gasteiger partial charge in [0.1, 0.15) is 5.76 Å². The van der Waals surface area contributed by atoms with Crippen molar-refractivity contribution < 1.29 is 14.0 Å². The Hall–Kier alpha value is -2.36. The molecule has 0 aliphatic heterocycles. The molecule has 1 amide bonds. The summed E-state index contributed by atoms with van der Waals surface area (Å²) >= 11 is 0. The van der Waals surface area contributed by atoms with Crippen LogP contribution in [0.3, 0.4) is 0 Å². The number of benzene rings is 1. The number of Topliss-reactive ketones (excluding diaryl/α,β-unsaturated/α-hetero) is 1. The summed E-state index contributed by atoms with van der Waals surface area (Å²) in [5.41, 5.74) is 3.44. The molecule has 1 saturated carbocycles. The highest BCUT2D eigenvalue weighted by molar-refractivity contribution is 5.98. The fourth-order valence-corrected chi connectivity index (χ4v) is 4.16. The number of rotatable bonds is 7. The third-order valence-electron chi connectivity index (χ3n) is 5.84. The van der Waals surface area contributed by atoms with Crippen LogP contribution in [-0.2, 0) is 17.6 Å². The number of ketones is 1. The van der Waals surface area contributed by atoms with E-state index in [0.29, 0.717) is 0 Å². The second-order valence-corrected chi connectivity index (χ2v) is 7.84. The molecule has 1 unspecified atom stereocenters. The Balaban J connectivity index is 1.39. The van der Waals surface area contributed by atoms with Gasteiger partial charge in [-0.2, -0.15) is 0 Å². The van der Waals surface area contributed by atoms with Crippen molar-refractivity contribution in [1.29, 1.82) is 0 Å². The molecule has 142 valence electrons. The molecule has 4 rings (SSSR count). The molecule has 0 N–H and O–H groups in total. The average molecular weight is 365 g/mol. The lowest BCUT2D eigenvalue weighted by molar-refractivity contribution is -0.134. The number of aryl methyl sites for hydroxylation is 2. The van der Waals surface area contributed by atoms with Gasteiger partial charge in [-0.25, -0.2) is 0 Å². The number of fused-ring (bicyclic) bond motifs is 1. The molecule has 2 aliphatic rings. The lowest BCUT2D eigenvalue weighted by atomic mass is 9.89. The molecule has 0 saturated heterocycles. The van der Waals surface area contributed by atoms with E-state index in [0.717, 1.165) is 37.0 Å². The van der Waals surface area contributed by atoms with Crippen LogP contribution in [0.5, 0.6) is 0 Å². The molecule has 4 nitrogen and oxygen atoms in total. The van der Waals surface area contributed by atoms with Crippen LogP contribution < -0.4 is 0 Å². The van der Waals surface area contributed by atoms with Crippen LogP contribution in [0, 0.1) is 0 Å². The molecule has 1 atom stereocenters. The van der Waals surface area contributed by atoms with Gasteiger partial charge in [0.15, 0.2) is 5.78 Å². The van der Waals surface area contributed by atoms with E-state index in [1.807, 2.05) is 36.1 Å². The minimum atomic E-state index is -0.0844. The van der Waals surface area contributed by atoms with Crippen LogP contribution in [0.1, 0.15) is 78.7 Å². The van der Waals surface area contributed by atoms with Crippen molar-refractivity contribution >= 4 is 11.7 Å². The van der Waals surface area contributed by atoms with Gasteiger partial charge in [-0.15, -0.1) is 0 Å². The van der Waals surface area contributed by atoms with Gasteiger partial charge in [-0.1, -0.05) is 12.1 Å². The number of hydrogen-bond acceptors (Lipinski definition) is 3. The van der Waals surface area contributed by atoms with Crippen molar-refractivity contribution in [3.63, 3.8) is 0 Å². The number of furan rings is 1. The summed E-state index contributed by atoms with van der Waals surface area (Å²) in [4.78, 5) is 27.4. The van der Waals surface area contributed by atoms with Gasteiger partial charge in [0.25, 0.3) is 0 Å². The zero-order valence-electron chi connectivity index (χ0n) is 15.9. The van der Waals surface area contributed by atoms with E-state index in [2.05, 4.69) is 6.07 Å². The van der Waals surface area contributed by atoms with Gasteiger partial charge in [0, 0.05) is 24.4 Å². The van der Waals surface area contributed by atoms with Crippen LogP contribution >= 0.6 is 0 Å². The molecule has 1 heterocycles. The van der Waals surface area contributed by atoms with Gasteiger partial charge in [0.05, 0.1) is 12.3 Å². The predicted molar refractivity (Wildman–Crippen MR) is 104 cm³/mol. The van der Waals surface area contributed by atoms with E-state index in [9.17, 15) is 9.59 Å². The zero-order chi connectivity index (χ0) is 18.8. The van der Waals surface area contributed by atoms with Crippen molar-refractivity contribution in [2.45, 2.75) is 70.4 Å². The maximum absolute atomic E-state index is 12.9. The molecule has 0 radical (unpaired) electrons. The van der Waals surface area contributed by atoms with Crippen LogP contribution in [0.15, 0.2) is 41.0 Å². The standard InChI is InChI=1S/C23H27NO3/c1-16(22-7-4-14-27-22)24(20-10-11-20)23(26)13-12-21(25)19-9-8-17-5-2-3-6-18(17)15-19/h4,7-9,14-16,20H,2-3,5-6,10-13H2,1H3. The first kappa shape index (κ1) is 18.0. The summed E-state index contributed by atoms with van der Waals surface area (Å²) in [6.07, 6.45) is 8.86. The third-order valence-corrected chi connectivity index (χ3v) is 5.84. The highest BCUT2D eigenvalue weighted by atomic mass is 16.3. The lowest BCUT2D eigenvalue weighted by Crippen LogP contribution is -2.35. The van der Waals surface area contributed by atoms with Crippen LogP contribution in [0.4, 0.5) is 0 Å². The summed E-state index contributed by atoms with van der Waals surface area (Å²) in [5, 5.41) is 0. The molecule has 2 aliphatic carbocycles. The van der Waals surface area contributed by atoms with Crippen LogP contribution in [0.2, 0.25) is 0 Å². The Morgan fingerprint density at radius 3 is 2.59 bits per heavy atom. The maximum atomic E-state index is 12.9. The normalized spacial score (nSPS) is 17.2. The molecular formula is C23H27NO3. The summed E-state index contributed by atoms with van der Waals surface area (Å²) < 4.78 is 5.49. The molecule has 0 bridgehead atoms. The van der Waals surface area contributed by atoms with Gasteiger partial charge in [0.2, 0.25) is 5.91 Å². The van der Waals surface area contributed by atoms with E-state index >= 15 is 0 Å². The van der Waals surface area contributed by atoms with E-state index in [1.165, 1.54) is 24.0 Å². The molecule has 1 fully saturated rings. The summed E-state index contributed by atoms with van der Waals surface area (Å²) in [6.45, 7) is 2.00. The monoisotopic (exact) mass is 365 g/mol. The van der Waals surface area contributed by atoms with E-state index in [1.54, 1.807) is 6.26 Å². The minimum Gasteiger partial charge on any atom is -0.467 e. The Bertz CT molecular complexity index is 820. The van der Waals surface area contributed by atoms with E-state index in [-0.39, 0.29) is 36.6 Å². The molecule has 2 aromatic rings. The van der Waals surface area contributed by atoms with E-state index in [4.69, 9.17) is 4.42 Å². The highest BCUT2D eigenvalue weighted by Crippen LogP contribution is 2.35. The number of amides is 1. The molecule has 4 heteroatoms. The van der Waals surface area contributed by atoms with E-state index < -0.39 is 0 Å². The van der Waals surface area contributed by atoms with Gasteiger partial charge >= 0.3 is 0 Å². The number of carbonyl (C=O) groups is 2. The maximum Gasteiger partial charge on any atom is 0.223 e. The topological polar surface area (TPSA) is 50.5 Å². The molecule has 27 heavy (non-hydrogen) atoms. The Morgan fingerprint density at radius 2 is 1.89 bits per heavy atom. The second-order valence-electron chi connectivity index (χ2n) is 7.84. The quantitative estimate of drug-likeness (QED) is 0.658. The van der Waals surface area contributed by atoms with Gasteiger partial charge in [-0.3, -0.25) is 9.59 Å². The lowest BCUT2D eigenvalue weighted by Gasteiger charge is -2.28. The Kier molecular flexibility index (Phi) is 5.15. The van der Waals surface area contributed by atoms with Crippen molar-refractivity contribution in [2.75, 3.05) is 0 Å². The SMILES string of the molecule is CC(c1ccco1)N(C(=O)CCC(=O)c1ccc2c(c1)CCCC2)C1CC1. The summed E-state index contributed by atoms with van der Waals surface area (Å²) in [5.74, 6) is 0.919. The van der Waals surface area contributed by atoms with Crippen molar-refractivity contribution in [3.05, 3.63) is 59.0 Å². The Morgan fingerprint density at radius 1 is 1.11 bits per heavy atom. The second kappa shape index (κ2) is 7.71. The number of nitrogens with zero attached hydrogens (tertiary/aromatic N) is 1. The third kappa shape index (κ3) is 4.00. The Labute approximate surface area is 160 Å². The summed E-state index contributed by atoms with van der Waals surface area (Å²) in [7, 11) is 0. The van der Waals surface area contributed by atoms with Crippen molar-refractivity contribution in [3.8, 4) is 0 Å². The number of hydrogen-bond donors (Lipinski definition) is 0. The fourth-order valence-electron chi connectivity index (χ4n) is 4.16. The number of carbonyl (C=O) groups excluding carboxylic acids is 2. The average Bonchev–Trinajstić information content (AvgIpc) is 3.36. The van der Waals surface area contributed by atoms with Gasteiger partial charge in [-0.05, 0) is 74.8 Å². The molecule has 1 aromatic heterocycles. The summed E-state index contributed by atoms with van der Waals surface area (Å²) in [6, 6.07) is 10.0. The highest BCUT2D eigenvalue weighted by Gasteiger charge is 2.37. The van der Waals surface area contributed by atoms with Crippen molar-refractivity contribution in [2.24, 2.45) is 0 Å². The largest absolute Gasteiger partial charge is 0.467 e.